The summed E-state index contributed by atoms with van der Waals surface area (Å²) in [5.41, 5.74) is 1.77. The normalized spacial score (nSPS) is 15.4. The van der Waals surface area contributed by atoms with Crippen molar-refractivity contribution in [3.63, 3.8) is 0 Å². The van der Waals surface area contributed by atoms with Gasteiger partial charge in [0.1, 0.15) is 6.61 Å². The van der Waals surface area contributed by atoms with E-state index in [1.807, 2.05) is 0 Å². The van der Waals surface area contributed by atoms with Gasteiger partial charge in [-0.3, -0.25) is 4.79 Å². The fourth-order valence-corrected chi connectivity index (χ4v) is 1.63. The summed E-state index contributed by atoms with van der Waals surface area (Å²) in [6.45, 7) is 2.78. The van der Waals surface area contributed by atoms with Gasteiger partial charge in [-0.2, -0.15) is 0 Å². The van der Waals surface area contributed by atoms with E-state index >= 15 is 0 Å². The van der Waals surface area contributed by atoms with Crippen molar-refractivity contribution in [2.45, 2.75) is 19.8 Å². The fraction of sp³-hybridized carbons (Fsp3) is 0.400. The number of nitrogens with one attached hydrogen (secondary N) is 1. The van der Waals surface area contributed by atoms with Crippen LogP contribution >= 0.6 is 0 Å². The number of benzene rings is 1. The van der Waals surface area contributed by atoms with Gasteiger partial charge in [-0.05, 0) is 42.5 Å². The minimum absolute atomic E-state index is 0.0372. The minimum Gasteiger partial charge on any atom is -0.384 e. The first-order valence-electron chi connectivity index (χ1n) is 6.11. The van der Waals surface area contributed by atoms with Gasteiger partial charge in [0.15, 0.2) is 0 Å². The third-order valence-electron chi connectivity index (χ3n) is 3.24. The number of aliphatic hydroxyl groups excluding tert-OH is 1. The summed E-state index contributed by atoms with van der Waals surface area (Å²) in [7, 11) is 0. The molecular weight excluding hydrogens is 226 g/mol. The monoisotopic (exact) mass is 243 g/mol. The number of carbonyl (C=O) groups excluding carboxylic acids is 1. The van der Waals surface area contributed by atoms with E-state index in [-0.39, 0.29) is 12.5 Å². The maximum atomic E-state index is 11.9. The summed E-state index contributed by atoms with van der Waals surface area (Å²) in [5, 5.41) is 11.5. The van der Waals surface area contributed by atoms with Gasteiger partial charge in [0.05, 0.1) is 0 Å². The zero-order valence-electron chi connectivity index (χ0n) is 10.5. The van der Waals surface area contributed by atoms with E-state index in [0.717, 1.165) is 12.1 Å². The lowest BCUT2D eigenvalue weighted by Crippen LogP contribution is -2.28. The molecule has 2 rings (SSSR count). The number of amides is 1. The third-order valence-corrected chi connectivity index (χ3v) is 3.24. The molecule has 1 amide bonds. The van der Waals surface area contributed by atoms with Crippen molar-refractivity contribution in [3.8, 4) is 11.8 Å². The van der Waals surface area contributed by atoms with E-state index in [2.05, 4.69) is 24.1 Å². The molecule has 1 fully saturated rings. The highest BCUT2D eigenvalue weighted by Crippen LogP contribution is 2.44. The molecule has 0 radical (unpaired) electrons. The number of carbonyl (C=O) groups is 1. The first kappa shape index (κ1) is 12.7. The third kappa shape index (κ3) is 3.35. The molecule has 1 aliphatic carbocycles. The predicted octanol–water partition coefficient (Wildman–Crippen LogP) is 1.56. The summed E-state index contributed by atoms with van der Waals surface area (Å²) in [4.78, 5) is 11.9. The van der Waals surface area contributed by atoms with Crippen molar-refractivity contribution in [2.24, 2.45) is 5.41 Å². The van der Waals surface area contributed by atoms with E-state index in [1.165, 1.54) is 12.8 Å². The van der Waals surface area contributed by atoms with Gasteiger partial charge < -0.3 is 10.4 Å². The number of aliphatic hydroxyl groups is 1. The molecule has 3 nitrogen and oxygen atoms in total. The molecule has 0 unspecified atom stereocenters. The number of hydrogen-bond donors (Lipinski definition) is 2. The van der Waals surface area contributed by atoms with Crippen LogP contribution in [0.2, 0.25) is 0 Å². The molecule has 0 atom stereocenters. The van der Waals surface area contributed by atoms with Gasteiger partial charge in [-0.1, -0.05) is 18.8 Å². The average Bonchev–Trinajstić information content (AvgIpc) is 3.13. The Bertz CT molecular complexity index is 489. The molecule has 0 spiro atoms. The fourth-order valence-electron chi connectivity index (χ4n) is 1.63. The summed E-state index contributed by atoms with van der Waals surface area (Å²) in [6.07, 6.45) is 2.39. The van der Waals surface area contributed by atoms with Gasteiger partial charge in [0.2, 0.25) is 0 Å². The molecule has 1 aromatic rings. The van der Waals surface area contributed by atoms with Crippen LogP contribution in [0, 0.1) is 17.3 Å². The van der Waals surface area contributed by atoms with E-state index in [9.17, 15) is 4.79 Å². The molecule has 0 bridgehead atoms. The molecule has 2 N–H and O–H groups in total. The van der Waals surface area contributed by atoms with Crippen LogP contribution in [0.3, 0.4) is 0 Å². The summed E-state index contributed by atoms with van der Waals surface area (Å²) < 4.78 is 0. The largest absolute Gasteiger partial charge is 0.384 e. The lowest BCUT2D eigenvalue weighted by molar-refractivity contribution is 0.0946. The van der Waals surface area contributed by atoms with E-state index in [4.69, 9.17) is 5.11 Å². The zero-order valence-corrected chi connectivity index (χ0v) is 10.5. The molecule has 1 saturated carbocycles. The molecule has 0 aliphatic heterocycles. The molecule has 1 aliphatic rings. The lowest BCUT2D eigenvalue weighted by Gasteiger charge is -2.09. The first-order chi connectivity index (χ1) is 8.63. The Morgan fingerprint density at radius 2 is 2.06 bits per heavy atom. The van der Waals surface area contributed by atoms with Crippen molar-refractivity contribution < 1.29 is 9.90 Å². The van der Waals surface area contributed by atoms with Crippen LogP contribution in [0.4, 0.5) is 0 Å². The molecule has 1 aromatic carbocycles. The van der Waals surface area contributed by atoms with Gasteiger partial charge in [0, 0.05) is 17.7 Å². The smallest absolute Gasteiger partial charge is 0.251 e. The first-order valence-corrected chi connectivity index (χ1v) is 6.11. The predicted molar refractivity (Wildman–Crippen MR) is 70.1 cm³/mol. The Balaban J connectivity index is 1.93. The van der Waals surface area contributed by atoms with Crippen LogP contribution in [-0.2, 0) is 0 Å². The quantitative estimate of drug-likeness (QED) is 0.792. The second kappa shape index (κ2) is 5.24. The summed E-state index contributed by atoms with van der Waals surface area (Å²) in [6, 6.07) is 7.09. The van der Waals surface area contributed by atoms with Crippen LogP contribution in [-0.4, -0.2) is 24.2 Å². The van der Waals surface area contributed by atoms with Crippen molar-refractivity contribution in [1.82, 2.24) is 5.32 Å². The maximum absolute atomic E-state index is 11.9. The summed E-state index contributed by atoms with van der Waals surface area (Å²) in [5.74, 6) is 5.33. The Morgan fingerprint density at radius 1 is 1.39 bits per heavy atom. The van der Waals surface area contributed by atoms with Gasteiger partial charge in [0.25, 0.3) is 5.91 Å². The van der Waals surface area contributed by atoms with Crippen LogP contribution in [0.1, 0.15) is 35.7 Å². The highest BCUT2D eigenvalue weighted by molar-refractivity contribution is 5.94. The van der Waals surface area contributed by atoms with Crippen LogP contribution < -0.4 is 5.32 Å². The SMILES string of the molecule is CC1(CNC(=O)c2ccc(C#CCO)cc2)CC1. The second-order valence-electron chi connectivity index (χ2n) is 5.03. The lowest BCUT2D eigenvalue weighted by atomic mass is 10.1. The Morgan fingerprint density at radius 3 is 2.61 bits per heavy atom. The number of hydrogen-bond acceptors (Lipinski definition) is 2. The van der Waals surface area contributed by atoms with Gasteiger partial charge >= 0.3 is 0 Å². The minimum atomic E-state index is -0.152. The zero-order chi connectivity index (χ0) is 13.0. The Hall–Kier alpha value is -1.79. The molecule has 3 heteroatoms. The Labute approximate surface area is 107 Å². The molecule has 94 valence electrons. The standard InChI is InChI=1S/C15H17NO2/c1-15(8-9-15)11-16-14(18)13-6-4-12(5-7-13)3-2-10-17/h4-7,17H,8-11H2,1H3,(H,16,18). The molecule has 0 saturated heterocycles. The van der Waals surface area contributed by atoms with Crippen LogP contribution in [0.5, 0.6) is 0 Å². The second-order valence-corrected chi connectivity index (χ2v) is 5.03. The highest BCUT2D eigenvalue weighted by Gasteiger charge is 2.37. The topological polar surface area (TPSA) is 49.3 Å². The molecule has 18 heavy (non-hydrogen) atoms. The number of rotatable bonds is 3. The maximum Gasteiger partial charge on any atom is 0.251 e. The van der Waals surface area contributed by atoms with Crippen molar-refractivity contribution in [2.75, 3.05) is 13.2 Å². The average molecular weight is 243 g/mol. The van der Waals surface area contributed by atoms with Crippen molar-refractivity contribution >= 4 is 5.91 Å². The van der Waals surface area contributed by atoms with E-state index < -0.39 is 0 Å². The van der Waals surface area contributed by atoms with Gasteiger partial charge in [-0.25, -0.2) is 0 Å². The summed E-state index contributed by atoms with van der Waals surface area (Å²) >= 11 is 0. The Kier molecular flexibility index (Phi) is 3.69. The van der Waals surface area contributed by atoms with Gasteiger partial charge in [-0.15, -0.1) is 0 Å². The van der Waals surface area contributed by atoms with Crippen LogP contribution in [0.15, 0.2) is 24.3 Å². The van der Waals surface area contributed by atoms with Crippen LogP contribution in [0.25, 0.3) is 0 Å². The van der Waals surface area contributed by atoms with Crippen molar-refractivity contribution in [1.29, 1.82) is 0 Å². The highest BCUT2D eigenvalue weighted by atomic mass is 16.2. The molecule has 0 aromatic heterocycles. The van der Waals surface area contributed by atoms with E-state index in [0.29, 0.717) is 11.0 Å². The molecule has 0 heterocycles. The van der Waals surface area contributed by atoms with Crippen molar-refractivity contribution in [3.05, 3.63) is 35.4 Å². The van der Waals surface area contributed by atoms with E-state index in [1.54, 1.807) is 24.3 Å². The molecular formula is C15H17NO2.